The van der Waals surface area contributed by atoms with Crippen molar-refractivity contribution in [2.45, 2.75) is 6.04 Å². The number of aryl methyl sites for hydroxylation is 1. The maximum Gasteiger partial charge on any atom is 0.313 e. The van der Waals surface area contributed by atoms with Crippen LogP contribution in [-0.4, -0.2) is 21.4 Å². The van der Waals surface area contributed by atoms with Crippen molar-refractivity contribution in [2.24, 2.45) is 7.05 Å². The quantitative estimate of drug-likeness (QED) is 0.471. The van der Waals surface area contributed by atoms with Crippen molar-refractivity contribution in [3.63, 3.8) is 0 Å². The number of amides is 2. The minimum Gasteiger partial charge on any atom is -0.336 e. The zero-order chi connectivity index (χ0) is 22.5. The highest BCUT2D eigenvalue weighted by atomic mass is 19.1. The summed E-state index contributed by atoms with van der Waals surface area (Å²) in [6.07, 6.45) is 3.28. The Morgan fingerprint density at radius 2 is 1.62 bits per heavy atom. The second-order valence-corrected chi connectivity index (χ2v) is 7.26. The molecule has 0 saturated heterocycles. The lowest BCUT2D eigenvalue weighted by Crippen LogP contribution is -2.39. The molecule has 1 unspecified atom stereocenters. The van der Waals surface area contributed by atoms with Crippen molar-refractivity contribution in [2.75, 3.05) is 5.32 Å². The van der Waals surface area contributed by atoms with E-state index in [0.29, 0.717) is 17.1 Å². The number of nitrogens with one attached hydrogen (secondary N) is 2. The van der Waals surface area contributed by atoms with E-state index in [4.69, 9.17) is 0 Å². The normalized spacial score (nSPS) is 11.6. The fourth-order valence-corrected chi connectivity index (χ4v) is 3.40. The van der Waals surface area contributed by atoms with Crippen LogP contribution >= 0.6 is 0 Å². The molecule has 0 bridgehead atoms. The number of anilines is 1. The Balaban J connectivity index is 1.49. The van der Waals surface area contributed by atoms with Gasteiger partial charge in [0, 0.05) is 25.1 Å². The van der Waals surface area contributed by atoms with Gasteiger partial charge in [-0.15, -0.1) is 0 Å². The standard InChI is InChI=1S/C25H21FN4O2/c1-30-15-14-27-23(30)22(19-8-5-9-20(26)16-19)29-25(32)24(31)28-21-12-10-18(11-13-21)17-6-3-2-4-7-17/h2-16,22H,1H3,(H,28,31)(H,29,32). The van der Waals surface area contributed by atoms with Gasteiger partial charge in [0.25, 0.3) is 0 Å². The molecule has 0 aliphatic rings. The summed E-state index contributed by atoms with van der Waals surface area (Å²) in [5.74, 6) is -1.65. The molecular weight excluding hydrogens is 407 g/mol. The van der Waals surface area contributed by atoms with Crippen LogP contribution in [0.5, 0.6) is 0 Å². The molecule has 1 heterocycles. The van der Waals surface area contributed by atoms with Gasteiger partial charge in [0.05, 0.1) is 0 Å². The molecule has 1 atom stereocenters. The van der Waals surface area contributed by atoms with E-state index >= 15 is 0 Å². The molecule has 0 radical (unpaired) electrons. The fourth-order valence-electron chi connectivity index (χ4n) is 3.40. The van der Waals surface area contributed by atoms with E-state index in [9.17, 15) is 14.0 Å². The van der Waals surface area contributed by atoms with Crippen LogP contribution in [0, 0.1) is 5.82 Å². The van der Waals surface area contributed by atoms with E-state index in [1.807, 2.05) is 42.5 Å². The average molecular weight is 428 g/mol. The molecule has 4 rings (SSSR count). The minimum absolute atomic E-state index is 0.445. The first-order chi connectivity index (χ1) is 15.5. The zero-order valence-electron chi connectivity index (χ0n) is 17.3. The lowest BCUT2D eigenvalue weighted by Gasteiger charge is -2.19. The van der Waals surface area contributed by atoms with Crippen molar-refractivity contribution in [3.05, 3.63) is 108 Å². The van der Waals surface area contributed by atoms with Crippen LogP contribution in [0.25, 0.3) is 11.1 Å². The summed E-state index contributed by atoms with van der Waals surface area (Å²) in [5.41, 5.74) is 3.02. The molecule has 160 valence electrons. The highest BCUT2D eigenvalue weighted by molar-refractivity contribution is 6.39. The van der Waals surface area contributed by atoms with Gasteiger partial charge in [0.15, 0.2) is 0 Å². The Hall–Kier alpha value is -4.26. The van der Waals surface area contributed by atoms with Gasteiger partial charge in [-0.2, -0.15) is 0 Å². The molecule has 2 N–H and O–H groups in total. The Bertz CT molecular complexity index is 1240. The smallest absolute Gasteiger partial charge is 0.313 e. The van der Waals surface area contributed by atoms with Crippen molar-refractivity contribution in [1.82, 2.24) is 14.9 Å². The second-order valence-electron chi connectivity index (χ2n) is 7.26. The number of imidazole rings is 1. The number of carbonyl (C=O) groups excluding carboxylic acids is 2. The fraction of sp³-hybridized carbons (Fsp3) is 0.0800. The van der Waals surface area contributed by atoms with Crippen molar-refractivity contribution < 1.29 is 14.0 Å². The lowest BCUT2D eigenvalue weighted by atomic mass is 10.1. The first-order valence-electron chi connectivity index (χ1n) is 10.0. The van der Waals surface area contributed by atoms with Gasteiger partial charge in [0.1, 0.15) is 17.7 Å². The Morgan fingerprint density at radius 3 is 2.28 bits per heavy atom. The van der Waals surface area contributed by atoms with Gasteiger partial charge in [0.2, 0.25) is 0 Å². The number of aromatic nitrogens is 2. The third-order valence-corrected chi connectivity index (χ3v) is 5.03. The van der Waals surface area contributed by atoms with E-state index in [1.54, 1.807) is 48.3 Å². The molecule has 0 spiro atoms. The number of hydrogen-bond acceptors (Lipinski definition) is 3. The van der Waals surface area contributed by atoms with Gasteiger partial charge in [-0.05, 0) is 41.0 Å². The summed E-state index contributed by atoms with van der Waals surface area (Å²) in [6, 6.07) is 22.1. The Morgan fingerprint density at radius 1 is 0.906 bits per heavy atom. The van der Waals surface area contributed by atoms with Crippen LogP contribution in [0.4, 0.5) is 10.1 Å². The van der Waals surface area contributed by atoms with E-state index in [2.05, 4.69) is 15.6 Å². The third-order valence-electron chi connectivity index (χ3n) is 5.03. The number of hydrogen-bond donors (Lipinski definition) is 2. The number of nitrogens with zero attached hydrogens (tertiary/aromatic N) is 2. The molecule has 3 aromatic carbocycles. The van der Waals surface area contributed by atoms with Crippen molar-refractivity contribution in [3.8, 4) is 11.1 Å². The Labute approximate surface area is 184 Å². The highest BCUT2D eigenvalue weighted by Crippen LogP contribution is 2.22. The van der Waals surface area contributed by atoms with Crippen LogP contribution in [0.1, 0.15) is 17.4 Å². The molecular formula is C25H21FN4O2. The maximum atomic E-state index is 13.8. The summed E-state index contributed by atoms with van der Waals surface area (Å²) < 4.78 is 15.5. The molecule has 32 heavy (non-hydrogen) atoms. The van der Waals surface area contributed by atoms with Gasteiger partial charge >= 0.3 is 11.8 Å². The molecule has 0 aliphatic heterocycles. The largest absolute Gasteiger partial charge is 0.336 e. The number of benzene rings is 3. The molecule has 0 saturated carbocycles. The van der Waals surface area contributed by atoms with Crippen LogP contribution in [0.15, 0.2) is 91.3 Å². The molecule has 4 aromatic rings. The van der Waals surface area contributed by atoms with Gasteiger partial charge in [-0.3, -0.25) is 9.59 Å². The summed E-state index contributed by atoms with van der Waals surface area (Å²) in [4.78, 5) is 29.4. The third kappa shape index (κ3) is 4.73. The molecule has 1 aromatic heterocycles. The number of halogens is 1. The number of carbonyl (C=O) groups is 2. The first-order valence-corrected chi connectivity index (χ1v) is 10.0. The monoisotopic (exact) mass is 428 g/mol. The average Bonchev–Trinajstić information content (AvgIpc) is 3.23. The van der Waals surface area contributed by atoms with Gasteiger partial charge in [-0.25, -0.2) is 9.37 Å². The molecule has 0 aliphatic carbocycles. The number of rotatable bonds is 5. The van der Waals surface area contributed by atoms with Crippen molar-refractivity contribution >= 4 is 17.5 Å². The molecule has 0 fully saturated rings. The van der Waals surface area contributed by atoms with Gasteiger partial charge in [-0.1, -0.05) is 54.6 Å². The first kappa shape index (κ1) is 21.0. The topological polar surface area (TPSA) is 76.0 Å². The minimum atomic E-state index is -0.852. The van der Waals surface area contributed by atoms with Gasteiger partial charge < -0.3 is 15.2 Å². The molecule has 2 amide bonds. The second kappa shape index (κ2) is 9.26. The highest BCUT2D eigenvalue weighted by Gasteiger charge is 2.24. The Kier molecular flexibility index (Phi) is 6.07. The van der Waals surface area contributed by atoms with E-state index in [0.717, 1.165) is 11.1 Å². The summed E-state index contributed by atoms with van der Waals surface area (Å²) >= 11 is 0. The zero-order valence-corrected chi connectivity index (χ0v) is 17.3. The molecule has 7 heteroatoms. The van der Waals surface area contributed by atoms with E-state index < -0.39 is 23.7 Å². The van der Waals surface area contributed by atoms with Crippen LogP contribution in [0.3, 0.4) is 0 Å². The summed E-state index contributed by atoms with van der Waals surface area (Å²) in [6.45, 7) is 0. The lowest BCUT2D eigenvalue weighted by molar-refractivity contribution is -0.136. The van der Waals surface area contributed by atoms with Crippen LogP contribution in [-0.2, 0) is 16.6 Å². The van der Waals surface area contributed by atoms with E-state index in [1.165, 1.54) is 12.1 Å². The predicted octanol–water partition coefficient (Wildman–Crippen LogP) is 4.07. The SMILES string of the molecule is Cn1ccnc1C(NC(=O)C(=O)Nc1ccc(-c2ccccc2)cc1)c1cccc(F)c1. The van der Waals surface area contributed by atoms with Crippen LogP contribution in [0.2, 0.25) is 0 Å². The summed E-state index contributed by atoms with van der Waals surface area (Å²) in [7, 11) is 1.76. The van der Waals surface area contributed by atoms with Crippen LogP contribution < -0.4 is 10.6 Å². The van der Waals surface area contributed by atoms with E-state index in [-0.39, 0.29) is 0 Å². The molecule has 6 nitrogen and oxygen atoms in total. The van der Waals surface area contributed by atoms with Crippen molar-refractivity contribution in [1.29, 1.82) is 0 Å². The summed E-state index contributed by atoms with van der Waals surface area (Å²) in [5, 5.41) is 5.26. The maximum absolute atomic E-state index is 13.8. The predicted molar refractivity (Wildman–Crippen MR) is 120 cm³/mol.